The Kier molecular flexibility index (Phi) is 7.06. The van der Waals surface area contributed by atoms with Crippen molar-refractivity contribution in [3.05, 3.63) is 36.4 Å². The van der Waals surface area contributed by atoms with Crippen molar-refractivity contribution in [1.29, 1.82) is 0 Å². The van der Waals surface area contributed by atoms with Gasteiger partial charge in [0.2, 0.25) is 14.4 Å². The first kappa shape index (κ1) is 20.0. The molecule has 2 aromatic rings. The van der Waals surface area contributed by atoms with Crippen LogP contribution < -0.4 is 9.62 Å². The predicted octanol–water partition coefficient (Wildman–Crippen LogP) is 3.24. The predicted molar refractivity (Wildman–Crippen MR) is 110 cm³/mol. The average molecular weight is 399 g/mol. The molecule has 0 bridgehead atoms. The van der Waals surface area contributed by atoms with Crippen LogP contribution in [-0.4, -0.2) is 45.8 Å². The van der Waals surface area contributed by atoms with E-state index in [9.17, 15) is 8.42 Å². The van der Waals surface area contributed by atoms with Crippen LogP contribution >= 0.6 is 24.0 Å². The highest BCUT2D eigenvalue weighted by molar-refractivity contribution is 8.22. The van der Waals surface area contributed by atoms with Gasteiger partial charge in [0.15, 0.2) is 0 Å². The van der Waals surface area contributed by atoms with E-state index in [1.54, 1.807) is 12.1 Å². The van der Waals surface area contributed by atoms with Crippen molar-refractivity contribution in [3.8, 4) is 0 Å². The summed E-state index contributed by atoms with van der Waals surface area (Å²) in [5.74, 6) is 0.520. The van der Waals surface area contributed by atoms with Crippen LogP contribution in [0.15, 0.2) is 41.3 Å². The highest BCUT2D eigenvalue weighted by atomic mass is 32.2. The molecule has 0 fully saturated rings. The first-order valence-electron chi connectivity index (χ1n) is 7.85. The van der Waals surface area contributed by atoms with Gasteiger partial charge in [-0.05, 0) is 31.3 Å². The van der Waals surface area contributed by atoms with E-state index in [0.717, 1.165) is 11.1 Å². The van der Waals surface area contributed by atoms with Crippen LogP contribution in [-0.2, 0) is 14.8 Å². The lowest BCUT2D eigenvalue weighted by molar-refractivity contribution is 0.346. The zero-order valence-electron chi connectivity index (χ0n) is 14.5. The monoisotopic (exact) mass is 398 g/mol. The maximum Gasteiger partial charge on any atom is 0.241 e. The minimum atomic E-state index is -3.61. The number of hydrogen-bond acceptors (Lipinski definition) is 6. The van der Waals surface area contributed by atoms with Gasteiger partial charge in [-0.2, -0.15) is 0 Å². The quantitative estimate of drug-likeness (QED) is 0.571. The molecule has 25 heavy (non-hydrogen) atoms. The summed E-state index contributed by atoms with van der Waals surface area (Å²) >= 11 is 6.34. The van der Waals surface area contributed by atoms with Crippen LogP contribution in [0, 0.1) is 0 Å². The molecule has 0 unspecified atom stereocenters. The van der Waals surface area contributed by atoms with Gasteiger partial charge in [-0.1, -0.05) is 36.0 Å². The molecular weight excluding hydrogens is 376 g/mol. The summed E-state index contributed by atoms with van der Waals surface area (Å²) in [5, 5.41) is 1.61. The van der Waals surface area contributed by atoms with E-state index in [2.05, 4.69) is 4.72 Å². The Morgan fingerprint density at radius 1 is 1.20 bits per heavy atom. The van der Waals surface area contributed by atoms with Gasteiger partial charge in [0.25, 0.3) is 0 Å². The second-order valence-corrected chi connectivity index (χ2v) is 8.88. The maximum absolute atomic E-state index is 12.7. The Morgan fingerprint density at radius 3 is 2.56 bits per heavy atom. The molecule has 8 heteroatoms. The van der Waals surface area contributed by atoms with Gasteiger partial charge >= 0.3 is 0 Å². The number of fused-ring (bicyclic) bond motifs is 1. The van der Waals surface area contributed by atoms with Crippen molar-refractivity contribution < 1.29 is 13.2 Å². The molecule has 1 N–H and O–H groups in total. The molecule has 0 heterocycles. The summed E-state index contributed by atoms with van der Waals surface area (Å²) in [7, 11) is 0.269. The van der Waals surface area contributed by atoms with Crippen molar-refractivity contribution in [2.75, 3.05) is 37.9 Å². The highest BCUT2D eigenvalue weighted by Crippen LogP contribution is 2.30. The van der Waals surface area contributed by atoms with Crippen LogP contribution in [0.1, 0.15) is 6.92 Å². The van der Waals surface area contributed by atoms with Crippen molar-refractivity contribution in [3.63, 3.8) is 0 Å². The summed E-state index contributed by atoms with van der Waals surface area (Å²) in [6.45, 7) is 2.66. The SMILES string of the molecule is CCOC(=S)SCCNS(=O)(=O)c1cccc2c(N(C)C)cccc12. The molecule has 2 aromatic carbocycles. The number of hydrogen-bond donors (Lipinski definition) is 1. The van der Waals surface area contributed by atoms with E-state index in [4.69, 9.17) is 17.0 Å². The standard InChI is InChI=1S/C17H22N2O3S3/c1-4-22-17(23)24-12-11-18-25(20,21)16-10-6-7-13-14(16)8-5-9-15(13)19(2)3/h5-10,18H,4,11-12H2,1-3H3. The summed E-state index contributed by atoms with van der Waals surface area (Å²) in [6, 6.07) is 11.0. The Balaban J connectivity index is 2.19. The fourth-order valence-corrected chi connectivity index (χ4v) is 4.76. The number of thiocarbonyl (C=S) groups is 1. The Morgan fingerprint density at radius 2 is 1.88 bits per heavy atom. The number of nitrogens with zero attached hydrogens (tertiary/aromatic N) is 1. The molecule has 5 nitrogen and oxygen atoms in total. The first-order chi connectivity index (χ1) is 11.9. The third-order valence-electron chi connectivity index (χ3n) is 3.51. The molecule has 2 rings (SSSR count). The average Bonchev–Trinajstić information content (AvgIpc) is 2.57. The minimum Gasteiger partial charge on any atom is -0.479 e. The molecule has 0 saturated heterocycles. The van der Waals surface area contributed by atoms with Crippen LogP contribution in [0.4, 0.5) is 5.69 Å². The molecule has 0 radical (unpaired) electrons. The summed E-state index contributed by atoms with van der Waals surface area (Å²) in [5.41, 5.74) is 0.979. The van der Waals surface area contributed by atoms with Crippen molar-refractivity contribution in [2.24, 2.45) is 0 Å². The van der Waals surface area contributed by atoms with Crippen LogP contribution in [0.5, 0.6) is 0 Å². The van der Waals surface area contributed by atoms with Gasteiger partial charge in [-0.25, -0.2) is 13.1 Å². The van der Waals surface area contributed by atoms with E-state index >= 15 is 0 Å². The number of anilines is 1. The molecule has 0 amide bonds. The Labute approximate surface area is 158 Å². The lowest BCUT2D eigenvalue weighted by Crippen LogP contribution is -2.26. The number of sulfonamides is 1. The van der Waals surface area contributed by atoms with Gasteiger partial charge in [0.1, 0.15) is 0 Å². The normalized spacial score (nSPS) is 11.5. The van der Waals surface area contributed by atoms with Crippen molar-refractivity contribution >= 4 is 54.8 Å². The number of rotatable bonds is 7. The zero-order chi connectivity index (χ0) is 18.4. The molecule has 0 aliphatic heterocycles. The van der Waals surface area contributed by atoms with Gasteiger partial charge in [-0.15, -0.1) is 0 Å². The van der Waals surface area contributed by atoms with Gasteiger partial charge in [0.05, 0.1) is 11.5 Å². The summed E-state index contributed by atoms with van der Waals surface area (Å²) < 4.78 is 33.6. The molecule has 0 aliphatic carbocycles. The Hall–Kier alpha value is -1.35. The van der Waals surface area contributed by atoms with E-state index in [-0.39, 0.29) is 11.4 Å². The van der Waals surface area contributed by atoms with Gasteiger partial charge in [0, 0.05) is 42.9 Å². The van der Waals surface area contributed by atoms with Crippen LogP contribution in [0.2, 0.25) is 0 Å². The second-order valence-electron chi connectivity index (χ2n) is 5.45. The molecular formula is C17H22N2O3S3. The molecule has 0 saturated carbocycles. The largest absolute Gasteiger partial charge is 0.479 e. The summed E-state index contributed by atoms with van der Waals surface area (Å²) in [6.07, 6.45) is 0. The first-order valence-corrected chi connectivity index (χ1v) is 10.7. The fraction of sp³-hybridized carbons (Fsp3) is 0.353. The molecule has 0 atom stereocenters. The number of benzene rings is 2. The van der Waals surface area contributed by atoms with E-state index in [1.165, 1.54) is 11.8 Å². The van der Waals surface area contributed by atoms with Crippen molar-refractivity contribution in [2.45, 2.75) is 11.8 Å². The molecule has 0 aliphatic rings. The van der Waals surface area contributed by atoms with Crippen LogP contribution in [0.25, 0.3) is 10.8 Å². The summed E-state index contributed by atoms with van der Waals surface area (Å²) in [4.78, 5) is 2.25. The topological polar surface area (TPSA) is 58.6 Å². The number of ether oxygens (including phenoxy) is 1. The maximum atomic E-state index is 12.7. The molecule has 136 valence electrons. The molecule has 0 spiro atoms. The lowest BCUT2D eigenvalue weighted by atomic mass is 10.1. The Bertz CT molecular complexity index is 851. The molecule has 0 aromatic heterocycles. The lowest BCUT2D eigenvalue weighted by Gasteiger charge is -2.17. The zero-order valence-corrected chi connectivity index (χ0v) is 16.9. The smallest absolute Gasteiger partial charge is 0.241 e. The van der Waals surface area contributed by atoms with E-state index in [1.807, 2.05) is 50.2 Å². The van der Waals surface area contributed by atoms with Gasteiger partial charge in [-0.3, -0.25) is 0 Å². The third-order valence-corrected chi connectivity index (χ3v) is 6.26. The number of nitrogens with one attached hydrogen (secondary N) is 1. The fourth-order valence-electron chi connectivity index (χ4n) is 2.44. The minimum absolute atomic E-state index is 0.282. The second kappa shape index (κ2) is 8.84. The highest BCUT2D eigenvalue weighted by Gasteiger charge is 2.18. The van der Waals surface area contributed by atoms with E-state index in [0.29, 0.717) is 22.1 Å². The van der Waals surface area contributed by atoms with Crippen LogP contribution in [0.3, 0.4) is 0 Å². The third kappa shape index (κ3) is 5.07. The van der Waals surface area contributed by atoms with E-state index < -0.39 is 10.0 Å². The van der Waals surface area contributed by atoms with Gasteiger partial charge < -0.3 is 9.64 Å². The number of thioether (sulfide) groups is 1. The van der Waals surface area contributed by atoms with Crippen molar-refractivity contribution in [1.82, 2.24) is 4.72 Å².